The van der Waals surface area contributed by atoms with E-state index in [9.17, 15) is 9.59 Å². The van der Waals surface area contributed by atoms with Crippen molar-refractivity contribution >= 4 is 11.8 Å². The molecule has 2 aromatic carbocycles. The SMILES string of the molecule is CCNC(=O)C(CC)N(Cc1cccc(OC)c1)C(=O)COc1cc(C)ccc1C. The van der Waals surface area contributed by atoms with Crippen molar-refractivity contribution in [3.8, 4) is 11.5 Å². The number of nitrogens with zero attached hydrogens (tertiary/aromatic N) is 1. The van der Waals surface area contributed by atoms with Crippen molar-refractivity contribution in [2.45, 2.75) is 46.7 Å². The third-order valence-corrected chi connectivity index (χ3v) is 4.92. The normalized spacial score (nSPS) is 11.5. The van der Waals surface area contributed by atoms with Crippen molar-refractivity contribution in [3.63, 3.8) is 0 Å². The summed E-state index contributed by atoms with van der Waals surface area (Å²) in [4.78, 5) is 27.4. The molecule has 0 aromatic heterocycles. The van der Waals surface area contributed by atoms with Crippen LogP contribution in [0.4, 0.5) is 0 Å². The fourth-order valence-electron chi connectivity index (χ4n) is 3.26. The van der Waals surface area contributed by atoms with Crippen LogP contribution in [0.25, 0.3) is 0 Å². The molecule has 1 unspecified atom stereocenters. The predicted octanol–water partition coefficient (Wildman–Crippen LogP) is 3.63. The van der Waals surface area contributed by atoms with Crippen LogP contribution >= 0.6 is 0 Å². The summed E-state index contributed by atoms with van der Waals surface area (Å²) in [6.45, 7) is 8.35. The summed E-state index contributed by atoms with van der Waals surface area (Å²) in [7, 11) is 1.60. The van der Waals surface area contributed by atoms with E-state index in [4.69, 9.17) is 9.47 Å². The van der Waals surface area contributed by atoms with E-state index in [1.165, 1.54) is 0 Å². The van der Waals surface area contributed by atoms with Gasteiger partial charge in [0.25, 0.3) is 5.91 Å². The van der Waals surface area contributed by atoms with Gasteiger partial charge in [0.05, 0.1) is 7.11 Å². The minimum atomic E-state index is -0.578. The van der Waals surface area contributed by atoms with Crippen molar-refractivity contribution in [2.75, 3.05) is 20.3 Å². The summed E-state index contributed by atoms with van der Waals surface area (Å²) in [5, 5.41) is 2.83. The van der Waals surface area contributed by atoms with Gasteiger partial charge in [0.1, 0.15) is 17.5 Å². The van der Waals surface area contributed by atoms with Gasteiger partial charge in [-0.1, -0.05) is 31.2 Å². The zero-order valence-electron chi connectivity index (χ0n) is 18.5. The van der Waals surface area contributed by atoms with Gasteiger partial charge in [0.15, 0.2) is 6.61 Å². The number of carbonyl (C=O) groups is 2. The zero-order valence-corrected chi connectivity index (χ0v) is 18.5. The van der Waals surface area contributed by atoms with E-state index in [1.807, 2.05) is 70.2 Å². The van der Waals surface area contributed by atoms with E-state index in [-0.39, 0.29) is 18.4 Å². The molecule has 0 radical (unpaired) electrons. The van der Waals surface area contributed by atoms with Crippen molar-refractivity contribution in [2.24, 2.45) is 0 Å². The molecule has 0 fully saturated rings. The molecule has 2 rings (SSSR count). The lowest BCUT2D eigenvalue weighted by Crippen LogP contribution is -2.50. The number of likely N-dealkylation sites (N-methyl/N-ethyl adjacent to an activating group) is 1. The quantitative estimate of drug-likeness (QED) is 0.647. The topological polar surface area (TPSA) is 67.9 Å². The number of ether oxygens (including phenoxy) is 2. The van der Waals surface area contributed by atoms with Crippen LogP contribution in [-0.2, 0) is 16.1 Å². The first-order valence-electron chi connectivity index (χ1n) is 10.3. The monoisotopic (exact) mass is 412 g/mol. The fourth-order valence-corrected chi connectivity index (χ4v) is 3.26. The highest BCUT2D eigenvalue weighted by molar-refractivity contribution is 5.88. The maximum Gasteiger partial charge on any atom is 0.261 e. The Kier molecular flexibility index (Phi) is 8.71. The molecule has 1 N–H and O–H groups in total. The summed E-state index contributed by atoms with van der Waals surface area (Å²) in [6.07, 6.45) is 0.505. The summed E-state index contributed by atoms with van der Waals surface area (Å²) in [5.74, 6) is 0.980. The number of methoxy groups -OCH3 is 1. The molecule has 0 aliphatic carbocycles. The van der Waals surface area contributed by atoms with Crippen molar-refractivity contribution in [1.82, 2.24) is 10.2 Å². The van der Waals surface area contributed by atoms with Crippen molar-refractivity contribution < 1.29 is 19.1 Å². The van der Waals surface area contributed by atoms with E-state index >= 15 is 0 Å². The Balaban J connectivity index is 2.24. The van der Waals surface area contributed by atoms with E-state index in [0.717, 1.165) is 16.7 Å². The van der Waals surface area contributed by atoms with Gasteiger partial charge in [-0.05, 0) is 62.1 Å². The first-order chi connectivity index (χ1) is 14.4. The zero-order chi connectivity index (χ0) is 22.1. The van der Waals surface area contributed by atoms with Gasteiger partial charge >= 0.3 is 0 Å². The molecule has 0 spiro atoms. The number of hydrogen-bond donors (Lipinski definition) is 1. The minimum absolute atomic E-state index is 0.135. The molecule has 0 aliphatic rings. The Hall–Kier alpha value is -3.02. The molecule has 1 atom stereocenters. The van der Waals surface area contributed by atoms with E-state index < -0.39 is 6.04 Å². The number of benzene rings is 2. The average Bonchev–Trinajstić information content (AvgIpc) is 2.74. The third-order valence-electron chi connectivity index (χ3n) is 4.92. The van der Waals surface area contributed by atoms with Gasteiger partial charge in [-0.3, -0.25) is 9.59 Å². The predicted molar refractivity (Wildman–Crippen MR) is 118 cm³/mol. The number of hydrogen-bond acceptors (Lipinski definition) is 4. The Bertz CT molecular complexity index is 866. The van der Waals surface area contributed by atoms with Gasteiger partial charge in [0.2, 0.25) is 5.91 Å². The van der Waals surface area contributed by atoms with E-state index in [1.54, 1.807) is 12.0 Å². The Morgan fingerprint density at radius 2 is 1.87 bits per heavy atom. The van der Waals surface area contributed by atoms with Gasteiger partial charge < -0.3 is 19.7 Å². The molecule has 2 amide bonds. The number of nitrogens with one attached hydrogen (secondary N) is 1. The number of aryl methyl sites for hydroxylation is 2. The standard InChI is InChI=1S/C24H32N2O4/c1-6-21(24(28)25-7-2)26(15-19-9-8-10-20(14-19)29-5)23(27)16-30-22-13-17(3)11-12-18(22)4/h8-14,21H,6-7,15-16H2,1-5H3,(H,25,28). The molecule has 162 valence electrons. The van der Waals surface area contributed by atoms with Gasteiger partial charge in [0, 0.05) is 13.1 Å². The van der Waals surface area contributed by atoms with Gasteiger partial charge in [-0.2, -0.15) is 0 Å². The molecule has 0 heterocycles. The second kappa shape index (κ2) is 11.2. The number of carbonyl (C=O) groups excluding carboxylic acids is 2. The second-order valence-corrected chi connectivity index (χ2v) is 7.25. The van der Waals surface area contributed by atoms with E-state index in [0.29, 0.717) is 31.0 Å². The number of amides is 2. The third kappa shape index (κ3) is 6.24. The molecule has 30 heavy (non-hydrogen) atoms. The van der Waals surface area contributed by atoms with Crippen LogP contribution < -0.4 is 14.8 Å². The first-order valence-corrected chi connectivity index (χ1v) is 10.3. The smallest absolute Gasteiger partial charge is 0.261 e. The van der Waals surface area contributed by atoms with Gasteiger partial charge in [-0.15, -0.1) is 0 Å². The molecule has 0 aliphatic heterocycles. The summed E-state index contributed by atoms with van der Waals surface area (Å²) < 4.78 is 11.1. The highest BCUT2D eigenvalue weighted by Crippen LogP contribution is 2.21. The van der Waals surface area contributed by atoms with Crippen LogP contribution in [0.5, 0.6) is 11.5 Å². The molecule has 6 nitrogen and oxygen atoms in total. The molecule has 0 saturated heterocycles. The average molecular weight is 413 g/mol. The summed E-state index contributed by atoms with van der Waals surface area (Å²) in [5.41, 5.74) is 2.91. The highest BCUT2D eigenvalue weighted by atomic mass is 16.5. The summed E-state index contributed by atoms with van der Waals surface area (Å²) in [6, 6.07) is 12.8. The lowest BCUT2D eigenvalue weighted by atomic mass is 10.1. The molecule has 0 saturated carbocycles. The Labute approximate surface area is 179 Å². The maximum absolute atomic E-state index is 13.2. The minimum Gasteiger partial charge on any atom is -0.497 e. The Morgan fingerprint density at radius 3 is 2.53 bits per heavy atom. The van der Waals surface area contributed by atoms with Crippen LogP contribution in [0.2, 0.25) is 0 Å². The van der Waals surface area contributed by atoms with Crippen LogP contribution in [0.15, 0.2) is 42.5 Å². The Morgan fingerprint density at radius 1 is 1.10 bits per heavy atom. The molecule has 2 aromatic rings. The van der Waals surface area contributed by atoms with E-state index in [2.05, 4.69) is 5.32 Å². The van der Waals surface area contributed by atoms with Crippen LogP contribution in [0.3, 0.4) is 0 Å². The van der Waals surface area contributed by atoms with Crippen molar-refractivity contribution in [1.29, 1.82) is 0 Å². The lowest BCUT2D eigenvalue weighted by Gasteiger charge is -2.30. The first kappa shape index (κ1) is 23.3. The van der Waals surface area contributed by atoms with Gasteiger partial charge in [-0.25, -0.2) is 0 Å². The highest BCUT2D eigenvalue weighted by Gasteiger charge is 2.28. The lowest BCUT2D eigenvalue weighted by molar-refractivity contribution is -0.142. The molecule has 0 bridgehead atoms. The second-order valence-electron chi connectivity index (χ2n) is 7.25. The van der Waals surface area contributed by atoms with Crippen LogP contribution in [0, 0.1) is 13.8 Å². The summed E-state index contributed by atoms with van der Waals surface area (Å²) >= 11 is 0. The van der Waals surface area contributed by atoms with Crippen LogP contribution in [0.1, 0.15) is 37.0 Å². The maximum atomic E-state index is 13.2. The largest absolute Gasteiger partial charge is 0.497 e. The molecular weight excluding hydrogens is 380 g/mol. The number of rotatable bonds is 10. The van der Waals surface area contributed by atoms with Crippen LogP contribution in [-0.4, -0.2) is 43.0 Å². The van der Waals surface area contributed by atoms with Crippen molar-refractivity contribution in [3.05, 3.63) is 59.2 Å². The molecular formula is C24H32N2O4. The molecule has 6 heteroatoms. The fraction of sp³-hybridized carbons (Fsp3) is 0.417.